The summed E-state index contributed by atoms with van der Waals surface area (Å²) in [5.74, 6) is 2.31. The molecule has 3 aromatic heterocycles. The second-order valence-electron chi connectivity index (χ2n) is 3.86. The second kappa shape index (κ2) is 4.40. The number of hydrogen-bond acceptors (Lipinski definition) is 6. The fourth-order valence-electron chi connectivity index (χ4n) is 1.72. The Balaban J connectivity index is 1.75. The van der Waals surface area contributed by atoms with E-state index in [1.807, 2.05) is 13.0 Å². The van der Waals surface area contributed by atoms with Crippen molar-refractivity contribution in [3.63, 3.8) is 0 Å². The first kappa shape index (κ1) is 10.6. The van der Waals surface area contributed by atoms with Crippen LogP contribution in [0.2, 0.25) is 0 Å². The quantitative estimate of drug-likeness (QED) is 0.680. The van der Waals surface area contributed by atoms with Crippen LogP contribution in [0.25, 0.3) is 5.78 Å². The van der Waals surface area contributed by atoms with Crippen molar-refractivity contribution in [2.45, 2.75) is 13.3 Å². The SMILES string of the molecule is Cc1cc(NCCc2ncn[nH]2)n2ncnc2n1. The van der Waals surface area contributed by atoms with Gasteiger partial charge >= 0.3 is 0 Å². The van der Waals surface area contributed by atoms with E-state index in [9.17, 15) is 0 Å². The molecule has 0 spiro atoms. The molecule has 0 aliphatic rings. The maximum atomic E-state index is 4.28. The zero-order valence-corrected chi connectivity index (χ0v) is 9.83. The molecule has 0 aliphatic heterocycles. The van der Waals surface area contributed by atoms with Gasteiger partial charge in [0.05, 0.1) is 0 Å². The molecule has 2 N–H and O–H groups in total. The van der Waals surface area contributed by atoms with Crippen LogP contribution >= 0.6 is 0 Å². The summed E-state index contributed by atoms with van der Waals surface area (Å²) in [6.45, 7) is 2.66. The highest BCUT2D eigenvalue weighted by Gasteiger charge is 2.05. The first-order valence-corrected chi connectivity index (χ1v) is 5.58. The van der Waals surface area contributed by atoms with Crippen LogP contribution in [-0.4, -0.2) is 41.3 Å². The average Bonchev–Trinajstić information content (AvgIpc) is 2.98. The van der Waals surface area contributed by atoms with Gasteiger partial charge in [-0.3, -0.25) is 5.10 Å². The number of aromatic nitrogens is 7. The Bertz CT molecular complexity index is 641. The fraction of sp³-hybridized carbons (Fsp3) is 0.300. The summed E-state index contributed by atoms with van der Waals surface area (Å²) in [6, 6.07) is 1.93. The normalized spacial score (nSPS) is 10.9. The Morgan fingerprint density at radius 2 is 2.28 bits per heavy atom. The molecular formula is C10H12N8. The highest BCUT2D eigenvalue weighted by atomic mass is 15.3. The highest BCUT2D eigenvalue weighted by molar-refractivity contribution is 5.44. The van der Waals surface area contributed by atoms with E-state index in [2.05, 4.69) is 35.6 Å². The number of anilines is 1. The number of fused-ring (bicyclic) bond motifs is 1. The molecule has 0 saturated heterocycles. The maximum absolute atomic E-state index is 4.28. The molecule has 0 aromatic carbocycles. The maximum Gasteiger partial charge on any atom is 0.254 e. The van der Waals surface area contributed by atoms with E-state index in [1.165, 1.54) is 12.7 Å². The van der Waals surface area contributed by atoms with Crippen LogP contribution in [0.4, 0.5) is 5.82 Å². The van der Waals surface area contributed by atoms with E-state index in [4.69, 9.17) is 0 Å². The molecule has 3 aromatic rings. The third-order valence-electron chi connectivity index (χ3n) is 2.51. The van der Waals surface area contributed by atoms with Gasteiger partial charge in [-0.15, -0.1) is 0 Å². The molecule has 0 fully saturated rings. The summed E-state index contributed by atoms with van der Waals surface area (Å²) < 4.78 is 1.67. The number of rotatable bonds is 4. The number of nitrogens with zero attached hydrogens (tertiary/aromatic N) is 6. The van der Waals surface area contributed by atoms with Crippen molar-refractivity contribution in [1.82, 2.24) is 34.8 Å². The summed E-state index contributed by atoms with van der Waals surface area (Å²) in [6.07, 6.45) is 3.75. The smallest absolute Gasteiger partial charge is 0.254 e. The molecule has 3 rings (SSSR count). The van der Waals surface area contributed by atoms with Crippen molar-refractivity contribution in [2.75, 3.05) is 11.9 Å². The summed E-state index contributed by atoms with van der Waals surface area (Å²) in [7, 11) is 0. The minimum absolute atomic E-state index is 0.595. The van der Waals surface area contributed by atoms with Crippen molar-refractivity contribution in [2.24, 2.45) is 0 Å². The van der Waals surface area contributed by atoms with Gasteiger partial charge in [-0.05, 0) is 6.92 Å². The predicted octanol–water partition coefficient (Wildman–Crippen LogP) is 0.205. The van der Waals surface area contributed by atoms with Gasteiger partial charge in [0.25, 0.3) is 5.78 Å². The van der Waals surface area contributed by atoms with E-state index in [0.717, 1.165) is 30.3 Å². The van der Waals surface area contributed by atoms with Crippen LogP contribution in [0.3, 0.4) is 0 Å². The highest BCUT2D eigenvalue weighted by Crippen LogP contribution is 2.09. The third-order valence-corrected chi connectivity index (χ3v) is 2.51. The van der Waals surface area contributed by atoms with Crippen molar-refractivity contribution < 1.29 is 0 Å². The minimum atomic E-state index is 0.595. The standard InChI is InChI=1S/C10H12N8/c1-7-4-9(18-10(16-7)13-6-15-18)11-3-2-8-12-5-14-17-8/h4-6,11H,2-3H2,1H3,(H,12,14,17). The van der Waals surface area contributed by atoms with Gasteiger partial charge in [-0.25, -0.2) is 9.97 Å². The molecule has 92 valence electrons. The van der Waals surface area contributed by atoms with Crippen LogP contribution in [0.5, 0.6) is 0 Å². The molecule has 0 unspecified atom stereocenters. The van der Waals surface area contributed by atoms with Crippen LogP contribution in [0, 0.1) is 6.92 Å². The van der Waals surface area contributed by atoms with Gasteiger partial charge in [0.1, 0.15) is 24.3 Å². The summed E-state index contributed by atoms with van der Waals surface area (Å²) in [5, 5.41) is 14.0. The Kier molecular flexibility index (Phi) is 2.60. The molecule has 0 atom stereocenters. The Labute approximate surface area is 102 Å². The second-order valence-corrected chi connectivity index (χ2v) is 3.86. The van der Waals surface area contributed by atoms with E-state index < -0.39 is 0 Å². The first-order valence-electron chi connectivity index (χ1n) is 5.58. The lowest BCUT2D eigenvalue weighted by Gasteiger charge is -2.07. The van der Waals surface area contributed by atoms with Crippen molar-refractivity contribution in [3.8, 4) is 0 Å². The molecule has 18 heavy (non-hydrogen) atoms. The monoisotopic (exact) mass is 244 g/mol. The van der Waals surface area contributed by atoms with E-state index >= 15 is 0 Å². The summed E-state index contributed by atoms with van der Waals surface area (Å²) >= 11 is 0. The number of hydrogen-bond donors (Lipinski definition) is 2. The first-order chi connectivity index (χ1) is 8.83. The van der Waals surface area contributed by atoms with E-state index in [0.29, 0.717) is 5.78 Å². The van der Waals surface area contributed by atoms with E-state index in [1.54, 1.807) is 4.52 Å². The van der Waals surface area contributed by atoms with Gasteiger partial charge in [-0.1, -0.05) is 0 Å². The lowest BCUT2D eigenvalue weighted by Crippen LogP contribution is -2.10. The van der Waals surface area contributed by atoms with Gasteiger partial charge in [-0.2, -0.15) is 19.7 Å². The third kappa shape index (κ3) is 1.99. The number of nitrogens with one attached hydrogen (secondary N) is 2. The minimum Gasteiger partial charge on any atom is -0.369 e. The van der Waals surface area contributed by atoms with Crippen LogP contribution in [0.1, 0.15) is 11.5 Å². The van der Waals surface area contributed by atoms with E-state index in [-0.39, 0.29) is 0 Å². The molecule has 8 nitrogen and oxygen atoms in total. The van der Waals surface area contributed by atoms with Gasteiger partial charge in [0.15, 0.2) is 0 Å². The predicted molar refractivity (Wildman–Crippen MR) is 64.1 cm³/mol. The van der Waals surface area contributed by atoms with Crippen LogP contribution < -0.4 is 5.32 Å². The van der Waals surface area contributed by atoms with Crippen molar-refractivity contribution in [1.29, 1.82) is 0 Å². The Morgan fingerprint density at radius 3 is 3.11 bits per heavy atom. The number of H-pyrrole nitrogens is 1. The van der Waals surface area contributed by atoms with Crippen LogP contribution in [-0.2, 0) is 6.42 Å². The topological polar surface area (TPSA) is 96.7 Å². The summed E-state index contributed by atoms with van der Waals surface area (Å²) in [5.41, 5.74) is 0.901. The van der Waals surface area contributed by atoms with Gasteiger partial charge < -0.3 is 5.32 Å². The molecule has 8 heteroatoms. The Morgan fingerprint density at radius 1 is 1.33 bits per heavy atom. The average molecular weight is 244 g/mol. The fourth-order valence-corrected chi connectivity index (χ4v) is 1.72. The molecule has 0 aliphatic carbocycles. The molecule has 0 amide bonds. The van der Waals surface area contributed by atoms with Crippen LogP contribution in [0.15, 0.2) is 18.7 Å². The summed E-state index contributed by atoms with van der Waals surface area (Å²) in [4.78, 5) is 12.4. The zero-order chi connectivity index (χ0) is 12.4. The molecule has 3 heterocycles. The largest absolute Gasteiger partial charge is 0.369 e. The van der Waals surface area contributed by atoms with Crippen molar-refractivity contribution in [3.05, 3.63) is 30.2 Å². The lowest BCUT2D eigenvalue weighted by molar-refractivity contribution is 0.871. The number of aromatic amines is 1. The molecular weight excluding hydrogens is 232 g/mol. The van der Waals surface area contributed by atoms with Crippen molar-refractivity contribution >= 4 is 11.6 Å². The molecule has 0 radical (unpaired) electrons. The lowest BCUT2D eigenvalue weighted by atomic mass is 10.4. The molecule has 0 saturated carbocycles. The van der Waals surface area contributed by atoms with Gasteiger partial charge in [0.2, 0.25) is 0 Å². The van der Waals surface area contributed by atoms with Gasteiger partial charge in [0, 0.05) is 24.7 Å². The number of aryl methyl sites for hydroxylation is 1. The Hall–Kier alpha value is -2.51. The zero-order valence-electron chi connectivity index (χ0n) is 9.83. The molecule has 0 bridgehead atoms.